The third kappa shape index (κ3) is 2.07. The van der Waals surface area contributed by atoms with E-state index in [4.69, 9.17) is 10.2 Å². The number of fused-ring (bicyclic) bond motifs is 1. The van der Waals surface area contributed by atoms with Gasteiger partial charge in [0.05, 0.1) is 9.48 Å². The van der Waals surface area contributed by atoms with Gasteiger partial charge in [0.2, 0.25) is 0 Å². The Balaban J connectivity index is 2.05. The quantitative estimate of drug-likeness (QED) is 0.803. The van der Waals surface area contributed by atoms with Crippen LogP contribution in [-0.4, -0.2) is 16.5 Å². The van der Waals surface area contributed by atoms with Gasteiger partial charge in [-0.25, -0.2) is 9.97 Å². The van der Waals surface area contributed by atoms with Crippen LogP contribution in [0.25, 0.3) is 21.7 Å². The summed E-state index contributed by atoms with van der Waals surface area (Å²) < 4.78 is 6.34. The van der Waals surface area contributed by atoms with Gasteiger partial charge in [-0.1, -0.05) is 0 Å². The molecule has 0 fully saturated rings. The topological polar surface area (TPSA) is 64.9 Å². The van der Waals surface area contributed by atoms with Crippen LogP contribution in [0, 0.1) is 0 Å². The van der Waals surface area contributed by atoms with Crippen LogP contribution in [0.2, 0.25) is 0 Å². The summed E-state index contributed by atoms with van der Waals surface area (Å²) in [5.74, 6) is 0. The predicted molar refractivity (Wildman–Crippen MR) is 75.6 cm³/mol. The van der Waals surface area contributed by atoms with Crippen LogP contribution in [0.4, 0.5) is 0 Å². The monoisotopic (exact) mass is 323 g/mol. The molecule has 2 heterocycles. The van der Waals surface area contributed by atoms with Crippen molar-refractivity contribution in [1.29, 1.82) is 0 Å². The second-order valence-electron chi connectivity index (χ2n) is 3.81. The normalized spacial score (nSPS) is 11.2. The lowest BCUT2D eigenvalue weighted by atomic mass is 10.2. The van der Waals surface area contributed by atoms with Crippen LogP contribution in [0.1, 0.15) is 5.69 Å². The van der Waals surface area contributed by atoms with E-state index < -0.39 is 0 Å². The van der Waals surface area contributed by atoms with Gasteiger partial charge in [-0.15, -0.1) is 11.3 Å². The zero-order chi connectivity index (χ0) is 12.5. The van der Waals surface area contributed by atoms with Crippen LogP contribution in [0.3, 0.4) is 0 Å². The first-order chi connectivity index (χ1) is 8.78. The van der Waals surface area contributed by atoms with E-state index >= 15 is 0 Å². The molecule has 2 N–H and O–H groups in total. The molecule has 0 spiro atoms. The zero-order valence-corrected chi connectivity index (χ0v) is 11.8. The van der Waals surface area contributed by atoms with Gasteiger partial charge in [0.1, 0.15) is 10.5 Å². The summed E-state index contributed by atoms with van der Waals surface area (Å²) >= 11 is 5.13. The Morgan fingerprint density at radius 1 is 1.39 bits per heavy atom. The van der Waals surface area contributed by atoms with Crippen molar-refractivity contribution in [3.8, 4) is 10.6 Å². The summed E-state index contributed by atoms with van der Waals surface area (Å²) in [5, 5.41) is 0.962. The first-order valence-electron chi connectivity index (χ1n) is 5.47. The van der Waals surface area contributed by atoms with Crippen molar-refractivity contribution in [1.82, 2.24) is 9.97 Å². The molecule has 0 amide bonds. The van der Waals surface area contributed by atoms with E-state index in [1.807, 2.05) is 18.2 Å². The summed E-state index contributed by atoms with van der Waals surface area (Å²) in [5.41, 5.74) is 9.24. The fourth-order valence-electron chi connectivity index (χ4n) is 1.74. The summed E-state index contributed by atoms with van der Waals surface area (Å²) in [4.78, 5) is 8.69. The number of hydrogen-bond donors (Lipinski definition) is 1. The average Bonchev–Trinajstić information content (AvgIpc) is 2.96. The third-order valence-corrected chi connectivity index (χ3v) is 4.49. The van der Waals surface area contributed by atoms with Crippen LogP contribution >= 0.6 is 27.3 Å². The van der Waals surface area contributed by atoms with Crippen molar-refractivity contribution < 1.29 is 4.42 Å². The van der Waals surface area contributed by atoms with Crippen LogP contribution in [0.5, 0.6) is 0 Å². The van der Waals surface area contributed by atoms with Crippen molar-refractivity contribution in [3.63, 3.8) is 0 Å². The second-order valence-corrected chi connectivity index (χ2v) is 6.13. The van der Waals surface area contributed by atoms with Gasteiger partial charge in [0.15, 0.2) is 12.0 Å². The minimum atomic E-state index is 0.600. The lowest BCUT2D eigenvalue weighted by Crippen LogP contribution is -2.03. The SMILES string of the molecule is NCCc1nc(-c2ccc3ncoc3c2)sc1Br. The molecule has 0 saturated heterocycles. The molecule has 0 aliphatic rings. The third-order valence-electron chi connectivity index (χ3n) is 2.61. The molecule has 0 aliphatic carbocycles. The van der Waals surface area contributed by atoms with Gasteiger partial charge >= 0.3 is 0 Å². The smallest absolute Gasteiger partial charge is 0.181 e. The number of halogens is 1. The van der Waals surface area contributed by atoms with Gasteiger partial charge in [0.25, 0.3) is 0 Å². The predicted octanol–water partition coefficient (Wildman–Crippen LogP) is 3.22. The lowest BCUT2D eigenvalue weighted by molar-refractivity contribution is 0.602. The molecule has 0 unspecified atom stereocenters. The van der Waals surface area contributed by atoms with E-state index in [2.05, 4.69) is 25.9 Å². The van der Waals surface area contributed by atoms with Gasteiger partial charge in [-0.05, 0) is 40.7 Å². The fraction of sp³-hybridized carbons (Fsp3) is 0.167. The minimum Gasteiger partial charge on any atom is -0.443 e. The van der Waals surface area contributed by atoms with Crippen LogP contribution in [0.15, 0.2) is 32.8 Å². The standard InChI is InChI=1S/C12H10BrN3OS/c13-11-9(3-4-14)16-12(18-11)7-1-2-8-10(5-7)17-6-15-8/h1-2,5-6H,3-4,14H2. The maximum atomic E-state index is 5.56. The molecule has 0 radical (unpaired) electrons. The van der Waals surface area contributed by atoms with E-state index in [1.54, 1.807) is 11.3 Å². The number of oxazole rings is 1. The molecule has 6 heteroatoms. The van der Waals surface area contributed by atoms with E-state index in [0.29, 0.717) is 6.54 Å². The number of aromatic nitrogens is 2. The maximum absolute atomic E-state index is 5.56. The van der Waals surface area contributed by atoms with Crippen LogP contribution < -0.4 is 5.73 Å². The van der Waals surface area contributed by atoms with Crippen molar-refractivity contribution in [2.45, 2.75) is 6.42 Å². The van der Waals surface area contributed by atoms with E-state index in [-0.39, 0.29) is 0 Å². The fourth-order valence-corrected chi connectivity index (χ4v) is 3.32. The number of nitrogens with two attached hydrogens (primary N) is 1. The molecule has 3 aromatic rings. The summed E-state index contributed by atoms with van der Waals surface area (Å²) in [6.07, 6.45) is 2.23. The number of hydrogen-bond acceptors (Lipinski definition) is 5. The highest BCUT2D eigenvalue weighted by molar-refractivity contribution is 9.11. The molecule has 0 aliphatic heterocycles. The molecule has 0 atom stereocenters. The molecule has 92 valence electrons. The van der Waals surface area contributed by atoms with Gasteiger partial charge in [0, 0.05) is 12.0 Å². The first-order valence-corrected chi connectivity index (χ1v) is 7.08. The Kier molecular flexibility index (Phi) is 3.15. The molecular formula is C12H10BrN3OS. The molecule has 0 bridgehead atoms. The van der Waals surface area contributed by atoms with E-state index in [0.717, 1.165) is 37.6 Å². The summed E-state index contributed by atoms with van der Waals surface area (Å²) in [6, 6.07) is 5.90. The Morgan fingerprint density at radius 2 is 2.28 bits per heavy atom. The maximum Gasteiger partial charge on any atom is 0.181 e. The zero-order valence-electron chi connectivity index (χ0n) is 9.39. The van der Waals surface area contributed by atoms with Gasteiger partial charge < -0.3 is 10.2 Å². The number of rotatable bonds is 3. The molecule has 1 aromatic carbocycles. The largest absolute Gasteiger partial charge is 0.443 e. The van der Waals surface area contributed by atoms with Crippen molar-refractivity contribution >= 4 is 38.4 Å². The Hall–Kier alpha value is -1.24. The molecular weight excluding hydrogens is 314 g/mol. The molecule has 0 saturated carbocycles. The van der Waals surface area contributed by atoms with Crippen molar-refractivity contribution in [2.24, 2.45) is 5.73 Å². The van der Waals surface area contributed by atoms with Gasteiger partial charge in [-0.2, -0.15) is 0 Å². The Morgan fingerprint density at radius 3 is 3.11 bits per heavy atom. The summed E-state index contributed by atoms with van der Waals surface area (Å²) in [7, 11) is 0. The van der Waals surface area contributed by atoms with Crippen LogP contribution in [-0.2, 0) is 6.42 Å². The second kappa shape index (κ2) is 4.79. The highest BCUT2D eigenvalue weighted by Gasteiger charge is 2.11. The molecule has 18 heavy (non-hydrogen) atoms. The molecule has 4 nitrogen and oxygen atoms in total. The van der Waals surface area contributed by atoms with Crippen molar-refractivity contribution in [2.75, 3.05) is 6.54 Å². The molecule has 3 rings (SSSR count). The van der Waals surface area contributed by atoms with E-state index in [9.17, 15) is 0 Å². The first kappa shape index (κ1) is 11.8. The number of thiazole rings is 1. The van der Waals surface area contributed by atoms with E-state index in [1.165, 1.54) is 6.39 Å². The summed E-state index contributed by atoms with van der Waals surface area (Å²) in [6.45, 7) is 0.600. The molecule has 2 aromatic heterocycles. The average molecular weight is 324 g/mol. The number of benzene rings is 1. The van der Waals surface area contributed by atoms with Crippen molar-refractivity contribution in [3.05, 3.63) is 34.1 Å². The Bertz CT molecular complexity index is 692. The highest BCUT2D eigenvalue weighted by atomic mass is 79.9. The van der Waals surface area contributed by atoms with Gasteiger partial charge in [-0.3, -0.25) is 0 Å². The lowest BCUT2D eigenvalue weighted by Gasteiger charge is -1.95. The highest BCUT2D eigenvalue weighted by Crippen LogP contribution is 2.33. The number of nitrogens with zero attached hydrogens (tertiary/aromatic N) is 2. The Labute approximate surface area is 116 Å². The minimum absolute atomic E-state index is 0.600.